The van der Waals surface area contributed by atoms with Crippen molar-refractivity contribution in [3.8, 4) is 0 Å². The Morgan fingerprint density at radius 2 is 2.05 bits per heavy atom. The van der Waals surface area contributed by atoms with E-state index in [4.69, 9.17) is 16.3 Å². The second-order valence-electron chi connectivity index (χ2n) is 5.32. The van der Waals surface area contributed by atoms with Crippen LogP contribution in [-0.4, -0.2) is 32.0 Å². The third-order valence-electron chi connectivity index (χ3n) is 3.54. The van der Waals surface area contributed by atoms with Gasteiger partial charge in [0.05, 0.1) is 24.6 Å². The van der Waals surface area contributed by atoms with Crippen LogP contribution in [0.5, 0.6) is 0 Å². The van der Waals surface area contributed by atoms with Crippen LogP contribution >= 0.6 is 11.6 Å². The second-order valence-corrected chi connectivity index (χ2v) is 5.71. The molecule has 102 valence electrons. The van der Waals surface area contributed by atoms with Crippen molar-refractivity contribution in [2.75, 3.05) is 0 Å². The zero-order chi connectivity index (χ0) is 13.4. The lowest BCUT2D eigenvalue weighted by Crippen LogP contribution is -2.31. The molecule has 1 fully saturated rings. The molecular weight excluding hydrogens is 264 g/mol. The van der Waals surface area contributed by atoms with Gasteiger partial charge in [-0.2, -0.15) is 5.10 Å². The van der Waals surface area contributed by atoms with E-state index >= 15 is 0 Å². The monoisotopic (exact) mass is 280 g/mol. The predicted molar refractivity (Wildman–Crippen MR) is 73.1 cm³/mol. The first-order chi connectivity index (χ1) is 9.11. The van der Waals surface area contributed by atoms with E-state index in [0.29, 0.717) is 23.3 Å². The van der Waals surface area contributed by atoms with Crippen molar-refractivity contribution in [1.82, 2.24) is 19.7 Å². The summed E-state index contributed by atoms with van der Waals surface area (Å²) in [6, 6.07) is 0. The molecule has 0 aromatic carbocycles. The Balaban J connectivity index is 1.83. The molecule has 2 aromatic rings. The minimum atomic E-state index is 0.310. The average molecular weight is 281 g/mol. The van der Waals surface area contributed by atoms with Crippen LogP contribution in [0, 0.1) is 5.92 Å². The van der Waals surface area contributed by atoms with Gasteiger partial charge in [-0.1, -0.05) is 11.6 Å². The first-order valence-electron chi connectivity index (χ1n) is 6.61. The maximum absolute atomic E-state index is 5.90. The van der Waals surface area contributed by atoms with Crippen LogP contribution < -0.4 is 0 Å². The highest BCUT2D eigenvalue weighted by Gasteiger charge is 2.25. The van der Waals surface area contributed by atoms with Gasteiger partial charge in [0, 0.05) is 6.54 Å². The first-order valence-corrected chi connectivity index (χ1v) is 6.99. The van der Waals surface area contributed by atoms with E-state index in [9.17, 15) is 0 Å². The Morgan fingerprint density at radius 3 is 2.79 bits per heavy atom. The maximum Gasteiger partial charge on any atom is 0.178 e. The van der Waals surface area contributed by atoms with Crippen LogP contribution in [0.15, 0.2) is 12.4 Å². The zero-order valence-corrected chi connectivity index (χ0v) is 11.8. The molecule has 0 amide bonds. The first kappa shape index (κ1) is 12.8. The topological polar surface area (TPSA) is 52.8 Å². The Morgan fingerprint density at radius 1 is 1.32 bits per heavy atom. The van der Waals surface area contributed by atoms with Crippen molar-refractivity contribution in [2.24, 2.45) is 5.92 Å². The van der Waals surface area contributed by atoms with Gasteiger partial charge in [-0.25, -0.2) is 14.6 Å². The number of nitrogens with zero attached hydrogens (tertiary/aromatic N) is 4. The number of hydrogen-bond donors (Lipinski definition) is 0. The number of hydrogen-bond acceptors (Lipinski definition) is 4. The number of rotatable bonds is 2. The summed E-state index contributed by atoms with van der Waals surface area (Å²) in [7, 11) is 0. The molecule has 1 aliphatic heterocycles. The number of ether oxygens (including phenoxy) is 1. The lowest BCUT2D eigenvalue weighted by molar-refractivity contribution is -0.0552. The summed E-state index contributed by atoms with van der Waals surface area (Å²) in [4.78, 5) is 8.53. The second kappa shape index (κ2) is 5.06. The summed E-state index contributed by atoms with van der Waals surface area (Å²) < 4.78 is 7.67. The van der Waals surface area contributed by atoms with Crippen molar-refractivity contribution >= 4 is 22.8 Å². The van der Waals surface area contributed by atoms with E-state index in [0.717, 1.165) is 30.6 Å². The molecule has 2 atom stereocenters. The normalized spacial score (nSPS) is 27.8. The van der Waals surface area contributed by atoms with E-state index in [2.05, 4.69) is 28.9 Å². The fourth-order valence-corrected chi connectivity index (χ4v) is 3.03. The van der Waals surface area contributed by atoms with Gasteiger partial charge in [0.25, 0.3) is 0 Å². The van der Waals surface area contributed by atoms with Gasteiger partial charge in [0.1, 0.15) is 10.7 Å². The predicted octanol–water partition coefficient (Wildman–Crippen LogP) is 2.68. The molecular formula is C13H17ClN4O. The summed E-state index contributed by atoms with van der Waals surface area (Å²) in [5.41, 5.74) is 1.55. The highest BCUT2D eigenvalue weighted by molar-refractivity contribution is 6.29. The van der Waals surface area contributed by atoms with E-state index < -0.39 is 0 Å². The maximum atomic E-state index is 5.90. The van der Waals surface area contributed by atoms with Gasteiger partial charge < -0.3 is 4.74 Å². The lowest BCUT2D eigenvalue weighted by Gasteiger charge is -2.32. The van der Waals surface area contributed by atoms with E-state index in [1.807, 2.05) is 4.68 Å². The van der Waals surface area contributed by atoms with Gasteiger partial charge >= 0.3 is 0 Å². The molecule has 3 heterocycles. The lowest BCUT2D eigenvalue weighted by atomic mass is 9.92. The quantitative estimate of drug-likeness (QED) is 0.849. The molecule has 3 rings (SSSR count). The molecule has 0 radical (unpaired) electrons. The number of aromatic nitrogens is 4. The molecule has 2 aromatic heterocycles. The third-order valence-corrected chi connectivity index (χ3v) is 3.72. The van der Waals surface area contributed by atoms with Crippen LogP contribution in [-0.2, 0) is 11.3 Å². The summed E-state index contributed by atoms with van der Waals surface area (Å²) in [5, 5.41) is 4.78. The zero-order valence-electron chi connectivity index (χ0n) is 11.1. The van der Waals surface area contributed by atoms with Crippen molar-refractivity contribution in [1.29, 1.82) is 0 Å². The van der Waals surface area contributed by atoms with Crippen molar-refractivity contribution in [2.45, 2.75) is 45.4 Å². The Kier molecular flexibility index (Phi) is 3.41. The fraction of sp³-hybridized carbons (Fsp3) is 0.615. The highest BCUT2D eigenvalue weighted by Crippen LogP contribution is 2.26. The minimum absolute atomic E-state index is 0.310. The van der Waals surface area contributed by atoms with Crippen molar-refractivity contribution < 1.29 is 4.74 Å². The van der Waals surface area contributed by atoms with E-state index in [1.165, 1.54) is 0 Å². The molecule has 5 nitrogen and oxygen atoms in total. The molecule has 0 N–H and O–H groups in total. The SMILES string of the molecule is CC1CC(Cn2ncc3ncc(Cl)nc32)CC(C)O1. The summed E-state index contributed by atoms with van der Waals surface area (Å²) in [6.07, 6.45) is 6.02. The minimum Gasteiger partial charge on any atom is -0.376 e. The third kappa shape index (κ3) is 2.72. The van der Waals surface area contributed by atoms with E-state index in [-0.39, 0.29) is 0 Å². The molecule has 1 saturated heterocycles. The van der Waals surface area contributed by atoms with Crippen LogP contribution in [0.3, 0.4) is 0 Å². The van der Waals surface area contributed by atoms with Crippen LogP contribution in [0.25, 0.3) is 11.2 Å². The highest BCUT2D eigenvalue weighted by atomic mass is 35.5. The van der Waals surface area contributed by atoms with Gasteiger partial charge in [0.15, 0.2) is 5.65 Å². The summed E-state index contributed by atoms with van der Waals surface area (Å²) in [5.74, 6) is 0.558. The molecule has 0 saturated carbocycles. The van der Waals surface area contributed by atoms with Gasteiger partial charge in [0.2, 0.25) is 0 Å². The van der Waals surface area contributed by atoms with Gasteiger partial charge in [-0.05, 0) is 32.6 Å². The molecule has 19 heavy (non-hydrogen) atoms. The molecule has 6 heteroatoms. The van der Waals surface area contributed by atoms with E-state index in [1.54, 1.807) is 12.4 Å². The molecule has 0 spiro atoms. The van der Waals surface area contributed by atoms with Gasteiger partial charge in [-0.15, -0.1) is 0 Å². The van der Waals surface area contributed by atoms with Crippen LogP contribution in [0.2, 0.25) is 5.15 Å². The van der Waals surface area contributed by atoms with Gasteiger partial charge in [-0.3, -0.25) is 0 Å². The Hall–Kier alpha value is -1.20. The van der Waals surface area contributed by atoms with Crippen LogP contribution in [0.4, 0.5) is 0 Å². The standard InChI is InChI=1S/C13H17ClN4O/c1-8-3-10(4-9(2)19-8)7-18-13-11(5-16-18)15-6-12(14)17-13/h5-6,8-10H,3-4,7H2,1-2H3. The van der Waals surface area contributed by atoms with Crippen molar-refractivity contribution in [3.05, 3.63) is 17.5 Å². The largest absolute Gasteiger partial charge is 0.376 e. The summed E-state index contributed by atoms with van der Waals surface area (Å²) in [6.45, 7) is 5.09. The van der Waals surface area contributed by atoms with Crippen molar-refractivity contribution in [3.63, 3.8) is 0 Å². The number of fused-ring (bicyclic) bond motifs is 1. The average Bonchev–Trinajstić information content (AvgIpc) is 2.70. The summed E-state index contributed by atoms with van der Waals surface area (Å²) >= 11 is 5.90. The molecule has 1 aliphatic rings. The molecule has 0 bridgehead atoms. The fourth-order valence-electron chi connectivity index (χ4n) is 2.90. The number of halogens is 1. The van der Waals surface area contributed by atoms with Crippen LogP contribution in [0.1, 0.15) is 26.7 Å². The Bertz CT molecular complexity index is 575. The smallest absolute Gasteiger partial charge is 0.178 e. The molecule has 0 aliphatic carbocycles. The molecule has 2 unspecified atom stereocenters. The Labute approximate surface area is 116 Å².